The Morgan fingerprint density at radius 1 is 1.36 bits per heavy atom. The van der Waals surface area contributed by atoms with Gasteiger partial charge in [0.2, 0.25) is 0 Å². The third-order valence-corrected chi connectivity index (χ3v) is 4.90. The number of rotatable bonds is 1. The molecule has 2 fully saturated rings. The van der Waals surface area contributed by atoms with Crippen LogP contribution >= 0.6 is 0 Å². The SMILES string of the molecule is C[C@H]1Cc2cc([C@H]3CN4CCNC[C@@H]4CO3)ccc2C(=O)O1. The lowest BCUT2D eigenvalue weighted by Crippen LogP contribution is -2.57. The Morgan fingerprint density at radius 2 is 2.27 bits per heavy atom. The molecule has 3 atom stereocenters. The number of cyclic esters (lactones) is 1. The van der Waals surface area contributed by atoms with Crippen molar-refractivity contribution in [3.63, 3.8) is 0 Å². The van der Waals surface area contributed by atoms with Crippen LogP contribution in [0.1, 0.15) is 34.5 Å². The predicted octanol–water partition coefficient (Wildman–Crippen LogP) is 1.13. The summed E-state index contributed by atoms with van der Waals surface area (Å²) in [5.74, 6) is -0.202. The van der Waals surface area contributed by atoms with Crippen LogP contribution in [-0.2, 0) is 15.9 Å². The molecule has 3 aliphatic heterocycles. The van der Waals surface area contributed by atoms with Gasteiger partial charge in [-0.2, -0.15) is 0 Å². The summed E-state index contributed by atoms with van der Waals surface area (Å²) in [4.78, 5) is 14.4. The molecule has 5 nitrogen and oxygen atoms in total. The minimum absolute atomic E-state index is 0.0416. The van der Waals surface area contributed by atoms with E-state index in [9.17, 15) is 4.79 Å². The molecule has 0 aromatic heterocycles. The number of fused-ring (bicyclic) bond motifs is 2. The van der Waals surface area contributed by atoms with Gasteiger partial charge < -0.3 is 14.8 Å². The number of carbonyl (C=O) groups excluding carboxylic acids is 1. The standard InChI is InChI=1S/C17H22N2O3/c1-11-6-13-7-12(2-3-15(13)17(20)22-11)16-9-19-5-4-18-8-14(19)10-21-16/h2-3,7,11,14,16,18H,4-6,8-10H2,1H3/t11-,14+,16+/m0/s1. The molecule has 0 radical (unpaired) electrons. The molecular weight excluding hydrogens is 280 g/mol. The van der Waals surface area contributed by atoms with Crippen LogP contribution in [0.25, 0.3) is 0 Å². The Balaban J connectivity index is 1.56. The molecule has 22 heavy (non-hydrogen) atoms. The van der Waals surface area contributed by atoms with Gasteiger partial charge in [0.25, 0.3) is 0 Å². The first kappa shape index (κ1) is 14.2. The Morgan fingerprint density at radius 3 is 3.18 bits per heavy atom. The molecule has 1 aromatic carbocycles. The molecule has 3 aliphatic rings. The van der Waals surface area contributed by atoms with Gasteiger partial charge in [-0.15, -0.1) is 0 Å². The number of benzene rings is 1. The van der Waals surface area contributed by atoms with Crippen LogP contribution in [0.4, 0.5) is 0 Å². The number of morpholine rings is 1. The topological polar surface area (TPSA) is 50.8 Å². The minimum Gasteiger partial charge on any atom is -0.459 e. The summed E-state index contributed by atoms with van der Waals surface area (Å²) in [7, 11) is 0. The van der Waals surface area contributed by atoms with E-state index in [4.69, 9.17) is 9.47 Å². The highest BCUT2D eigenvalue weighted by Crippen LogP contribution is 2.29. The highest BCUT2D eigenvalue weighted by atomic mass is 16.5. The number of piperazine rings is 1. The van der Waals surface area contributed by atoms with Crippen LogP contribution in [-0.4, -0.2) is 55.8 Å². The van der Waals surface area contributed by atoms with E-state index in [1.807, 2.05) is 19.1 Å². The Kier molecular flexibility index (Phi) is 3.64. The normalized spacial score (nSPS) is 32.0. The lowest BCUT2D eigenvalue weighted by Gasteiger charge is -2.42. The summed E-state index contributed by atoms with van der Waals surface area (Å²) in [5, 5.41) is 3.42. The van der Waals surface area contributed by atoms with E-state index in [1.54, 1.807) is 0 Å². The van der Waals surface area contributed by atoms with Crippen LogP contribution in [0.3, 0.4) is 0 Å². The fourth-order valence-corrected chi connectivity index (χ4v) is 3.68. The largest absolute Gasteiger partial charge is 0.459 e. The van der Waals surface area contributed by atoms with Crippen molar-refractivity contribution < 1.29 is 14.3 Å². The second-order valence-corrected chi connectivity index (χ2v) is 6.51. The van der Waals surface area contributed by atoms with Gasteiger partial charge in [-0.25, -0.2) is 4.79 Å². The van der Waals surface area contributed by atoms with Crippen molar-refractivity contribution in [2.45, 2.75) is 31.6 Å². The highest BCUT2D eigenvalue weighted by molar-refractivity contribution is 5.92. The monoisotopic (exact) mass is 302 g/mol. The Labute approximate surface area is 130 Å². The van der Waals surface area contributed by atoms with E-state index in [-0.39, 0.29) is 18.2 Å². The van der Waals surface area contributed by atoms with Gasteiger partial charge in [0.05, 0.1) is 18.3 Å². The molecule has 118 valence electrons. The number of ether oxygens (including phenoxy) is 2. The summed E-state index contributed by atoms with van der Waals surface area (Å²) < 4.78 is 11.4. The molecular formula is C17H22N2O3. The number of hydrogen-bond acceptors (Lipinski definition) is 5. The summed E-state index contributed by atoms with van der Waals surface area (Å²) >= 11 is 0. The Hall–Kier alpha value is -1.43. The molecule has 0 aliphatic carbocycles. The van der Waals surface area contributed by atoms with Gasteiger partial charge in [0.1, 0.15) is 6.10 Å². The van der Waals surface area contributed by atoms with E-state index >= 15 is 0 Å². The molecule has 5 heteroatoms. The molecule has 2 saturated heterocycles. The lowest BCUT2D eigenvalue weighted by atomic mass is 9.94. The predicted molar refractivity (Wildman–Crippen MR) is 81.9 cm³/mol. The minimum atomic E-state index is -0.202. The third-order valence-electron chi connectivity index (χ3n) is 4.90. The zero-order chi connectivity index (χ0) is 15.1. The van der Waals surface area contributed by atoms with Crippen LogP contribution in [0.5, 0.6) is 0 Å². The van der Waals surface area contributed by atoms with Crippen molar-refractivity contribution in [3.8, 4) is 0 Å². The van der Waals surface area contributed by atoms with E-state index in [0.717, 1.165) is 44.8 Å². The second kappa shape index (κ2) is 5.65. The molecule has 1 aromatic rings. The first-order valence-electron chi connectivity index (χ1n) is 8.11. The second-order valence-electron chi connectivity index (χ2n) is 6.51. The zero-order valence-electron chi connectivity index (χ0n) is 12.9. The van der Waals surface area contributed by atoms with E-state index in [1.165, 1.54) is 5.56 Å². The van der Waals surface area contributed by atoms with Gasteiger partial charge in [0, 0.05) is 38.6 Å². The van der Waals surface area contributed by atoms with Crippen LogP contribution in [0, 0.1) is 0 Å². The molecule has 3 heterocycles. The molecule has 0 unspecified atom stereocenters. The smallest absolute Gasteiger partial charge is 0.338 e. The Bertz CT molecular complexity index is 589. The van der Waals surface area contributed by atoms with E-state index in [2.05, 4.69) is 16.3 Å². The quantitative estimate of drug-likeness (QED) is 0.788. The van der Waals surface area contributed by atoms with Gasteiger partial charge in [-0.1, -0.05) is 12.1 Å². The molecule has 4 rings (SSSR count). The number of hydrogen-bond donors (Lipinski definition) is 1. The van der Waals surface area contributed by atoms with E-state index in [0.29, 0.717) is 11.6 Å². The van der Waals surface area contributed by atoms with Crippen molar-refractivity contribution in [2.24, 2.45) is 0 Å². The van der Waals surface area contributed by atoms with E-state index < -0.39 is 0 Å². The zero-order valence-corrected chi connectivity index (χ0v) is 12.9. The maximum Gasteiger partial charge on any atom is 0.338 e. The number of nitrogens with one attached hydrogen (secondary N) is 1. The number of esters is 1. The van der Waals surface area contributed by atoms with Gasteiger partial charge in [-0.3, -0.25) is 4.90 Å². The van der Waals surface area contributed by atoms with Crippen LogP contribution < -0.4 is 5.32 Å². The average molecular weight is 302 g/mol. The first-order chi connectivity index (χ1) is 10.7. The highest BCUT2D eigenvalue weighted by Gasteiger charge is 2.32. The molecule has 0 saturated carbocycles. The van der Waals surface area contributed by atoms with Crippen molar-refractivity contribution in [2.75, 3.05) is 32.8 Å². The summed E-state index contributed by atoms with van der Waals surface area (Å²) in [6, 6.07) is 6.55. The fourth-order valence-electron chi connectivity index (χ4n) is 3.68. The first-order valence-corrected chi connectivity index (χ1v) is 8.11. The molecule has 0 amide bonds. The molecule has 0 bridgehead atoms. The van der Waals surface area contributed by atoms with Gasteiger partial charge in [-0.05, 0) is 24.1 Å². The van der Waals surface area contributed by atoms with Crippen molar-refractivity contribution in [1.29, 1.82) is 0 Å². The lowest BCUT2D eigenvalue weighted by molar-refractivity contribution is -0.0718. The van der Waals surface area contributed by atoms with Gasteiger partial charge in [0.15, 0.2) is 0 Å². The maximum atomic E-state index is 11.9. The molecule has 0 spiro atoms. The summed E-state index contributed by atoms with van der Waals surface area (Å²) in [6.45, 7) is 6.80. The summed E-state index contributed by atoms with van der Waals surface area (Å²) in [5.41, 5.74) is 2.97. The molecule has 1 N–H and O–H groups in total. The van der Waals surface area contributed by atoms with Crippen molar-refractivity contribution in [1.82, 2.24) is 10.2 Å². The van der Waals surface area contributed by atoms with Crippen LogP contribution in [0.15, 0.2) is 18.2 Å². The third kappa shape index (κ3) is 2.53. The maximum absolute atomic E-state index is 11.9. The fraction of sp³-hybridized carbons (Fsp3) is 0.588. The summed E-state index contributed by atoms with van der Waals surface area (Å²) in [6.07, 6.45) is 0.853. The van der Waals surface area contributed by atoms with Crippen LogP contribution in [0.2, 0.25) is 0 Å². The number of carbonyl (C=O) groups is 1. The van der Waals surface area contributed by atoms with Gasteiger partial charge >= 0.3 is 5.97 Å². The number of nitrogens with zero attached hydrogens (tertiary/aromatic N) is 1. The van der Waals surface area contributed by atoms with Crippen molar-refractivity contribution in [3.05, 3.63) is 34.9 Å². The van der Waals surface area contributed by atoms with Crippen molar-refractivity contribution >= 4 is 5.97 Å². The average Bonchev–Trinajstić information content (AvgIpc) is 2.53.